The van der Waals surface area contributed by atoms with Crippen molar-refractivity contribution in [3.8, 4) is 0 Å². The Kier molecular flexibility index (Phi) is 6.14. The summed E-state index contributed by atoms with van der Waals surface area (Å²) < 4.78 is 0. The molecule has 0 aromatic carbocycles. The molecule has 3 unspecified atom stereocenters. The van der Waals surface area contributed by atoms with E-state index >= 15 is 0 Å². The molecule has 1 aliphatic carbocycles. The van der Waals surface area contributed by atoms with E-state index < -0.39 is 0 Å². The molecule has 1 aliphatic heterocycles. The molecular weight excluding hydrogens is 256 g/mol. The van der Waals surface area contributed by atoms with Crippen LogP contribution in [0.4, 0.5) is 0 Å². The highest BCUT2D eigenvalue weighted by molar-refractivity contribution is 4.91. The lowest BCUT2D eigenvalue weighted by atomic mass is 9.77. The molecule has 0 radical (unpaired) electrons. The van der Waals surface area contributed by atoms with E-state index in [0.29, 0.717) is 11.5 Å². The minimum atomic E-state index is 0.391. The zero-order valence-corrected chi connectivity index (χ0v) is 15.1. The number of hydrogen-bond acceptors (Lipinski definition) is 2. The van der Waals surface area contributed by atoms with E-state index in [-0.39, 0.29) is 0 Å². The average molecular weight is 295 g/mol. The van der Waals surface area contributed by atoms with Crippen LogP contribution in [0.25, 0.3) is 0 Å². The molecule has 2 aliphatic rings. The second kappa shape index (κ2) is 7.46. The first-order valence-corrected chi connectivity index (χ1v) is 9.40. The minimum absolute atomic E-state index is 0.391. The maximum absolute atomic E-state index is 3.87. The van der Waals surface area contributed by atoms with E-state index in [1.54, 1.807) is 0 Å². The summed E-state index contributed by atoms with van der Waals surface area (Å²) in [7, 11) is 0. The van der Waals surface area contributed by atoms with Crippen LogP contribution in [0.3, 0.4) is 0 Å². The van der Waals surface area contributed by atoms with Crippen LogP contribution in [0, 0.1) is 17.3 Å². The van der Waals surface area contributed by atoms with Crippen LogP contribution >= 0.6 is 0 Å². The number of nitrogens with zero attached hydrogens (tertiary/aromatic N) is 1. The van der Waals surface area contributed by atoms with E-state index in [1.165, 1.54) is 51.6 Å². The Morgan fingerprint density at radius 2 is 1.86 bits per heavy atom. The van der Waals surface area contributed by atoms with Crippen molar-refractivity contribution >= 4 is 0 Å². The van der Waals surface area contributed by atoms with Crippen LogP contribution in [0.2, 0.25) is 0 Å². The summed E-state index contributed by atoms with van der Waals surface area (Å²) in [5.74, 6) is 1.89. The highest BCUT2D eigenvalue weighted by Gasteiger charge is 2.35. The van der Waals surface area contributed by atoms with Crippen molar-refractivity contribution in [2.24, 2.45) is 17.3 Å². The number of piperidine rings is 1. The normalized spacial score (nSPS) is 30.1. The Balaban J connectivity index is 1.93. The van der Waals surface area contributed by atoms with Crippen LogP contribution in [0.1, 0.15) is 73.1 Å². The van der Waals surface area contributed by atoms with Gasteiger partial charge in [0.05, 0.1) is 0 Å². The molecule has 2 nitrogen and oxygen atoms in total. The van der Waals surface area contributed by atoms with Gasteiger partial charge in [-0.2, -0.15) is 0 Å². The summed E-state index contributed by atoms with van der Waals surface area (Å²) in [5.41, 5.74) is 0.391. The van der Waals surface area contributed by atoms with Gasteiger partial charge in [0.25, 0.3) is 0 Å². The Labute approximate surface area is 133 Å². The van der Waals surface area contributed by atoms with Crippen LogP contribution in [0.5, 0.6) is 0 Å². The van der Waals surface area contributed by atoms with Gasteiger partial charge in [-0.1, -0.05) is 47.5 Å². The van der Waals surface area contributed by atoms with Crippen LogP contribution in [0.15, 0.2) is 0 Å². The van der Waals surface area contributed by atoms with Crippen molar-refractivity contribution in [1.82, 2.24) is 10.2 Å². The van der Waals surface area contributed by atoms with E-state index in [2.05, 4.69) is 44.8 Å². The van der Waals surface area contributed by atoms with E-state index in [1.807, 2.05) is 0 Å². The van der Waals surface area contributed by atoms with Crippen molar-refractivity contribution in [3.63, 3.8) is 0 Å². The quantitative estimate of drug-likeness (QED) is 0.785. The Morgan fingerprint density at radius 3 is 2.33 bits per heavy atom. The predicted octanol–water partition coefficient (Wildman–Crippen LogP) is 4.30. The Hall–Kier alpha value is -0.0800. The molecule has 0 spiro atoms. The van der Waals surface area contributed by atoms with E-state index in [4.69, 9.17) is 0 Å². The highest BCUT2D eigenvalue weighted by atomic mass is 15.2. The van der Waals surface area contributed by atoms with Crippen LogP contribution < -0.4 is 5.32 Å². The van der Waals surface area contributed by atoms with Gasteiger partial charge < -0.3 is 5.32 Å². The molecule has 1 saturated carbocycles. The predicted molar refractivity (Wildman–Crippen MR) is 92.6 cm³/mol. The number of likely N-dealkylation sites (tertiary alicyclic amines) is 1. The smallest absolute Gasteiger partial charge is 0.0198 e. The standard InChI is InChI=1S/C19H38N2/c1-6-15-11-17(20-14-19(3,4)5)13-21(12-15)18(7-2)16-9-8-10-16/h15-18,20H,6-14H2,1-5H3. The molecule has 0 aromatic rings. The fourth-order valence-corrected chi connectivity index (χ4v) is 4.12. The lowest BCUT2D eigenvalue weighted by molar-refractivity contribution is 0.0378. The molecule has 1 heterocycles. The summed E-state index contributed by atoms with van der Waals surface area (Å²) >= 11 is 0. The van der Waals surface area contributed by atoms with Crippen molar-refractivity contribution < 1.29 is 0 Å². The molecule has 0 amide bonds. The van der Waals surface area contributed by atoms with Gasteiger partial charge in [-0.25, -0.2) is 0 Å². The molecule has 0 bridgehead atoms. The molecule has 0 aromatic heterocycles. The fourth-order valence-electron chi connectivity index (χ4n) is 4.12. The van der Waals surface area contributed by atoms with Crippen molar-refractivity contribution in [3.05, 3.63) is 0 Å². The molecule has 21 heavy (non-hydrogen) atoms. The van der Waals surface area contributed by atoms with Crippen molar-refractivity contribution in [2.75, 3.05) is 19.6 Å². The van der Waals surface area contributed by atoms with Crippen LogP contribution in [-0.4, -0.2) is 36.6 Å². The van der Waals surface area contributed by atoms with Gasteiger partial charge in [0, 0.05) is 31.7 Å². The van der Waals surface area contributed by atoms with Crippen molar-refractivity contribution in [2.45, 2.75) is 85.2 Å². The maximum atomic E-state index is 3.87. The summed E-state index contributed by atoms with van der Waals surface area (Å²) in [5, 5.41) is 3.87. The van der Waals surface area contributed by atoms with Gasteiger partial charge in [0.15, 0.2) is 0 Å². The van der Waals surface area contributed by atoms with Crippen molar-refractivity contribution in [1.29, 1.82) is 0 Å². The van der Waals surface area contributed by atoms with E-state index in [0.717, 1.165) is 24.4 Å². The summed E-state index contributed by atoms with van der Waals surface area (Å²) in [6.45, 7) is 15.5. The first-order valence-electron chi connectivity index (χ1n) is 9.40. The zero-order valence-electron chi connectivity index (χ0n) is 15.1. The third-order valence-corrected chi connectivity index (χ3v) is 5.65. The molecule has 2 heteroatoms. The third-order valence-electron chi connectivity index (χ3n) is 5.65. The second-order valence-electron chi connectivity index (χ2n) is 8.77. The monoisotopic (exact) mass is 294 g/mol. The SMILES string of the molecule is CCC1CC(NCC(C)(C)C)CN(C(CC)C2CCC2)C1. The van der Waals surface area contributed by atoms with Gasteiger partial charge in [-0.05, 0) is 42.9 Å². The fraction of sp³-hybridized carbons (Fsp3) is 1.00. The summed E-state index contributed by atoms with van der Waals surface area (Å²) in [6.07, 6.45) is 8.48. The first kappa shape index (κ1) is 17.3. The molecule has 2 rings (SSSR count). The van der Waals surface area contributed by atoms with Gasteiger partial charge >= 0.3 is 0 Å². The highest BCUT2D eigenvalue weighted by Crippen LogP contribution is 2.35. The Morgan fingerprint density at radius 1 is 1.14 bits per heavy atom. The first-order chi connectivity index (χ1) is 9.93. The van der Waals surface area contributed by atoms with Gasteiger partial charge in [-0.15, -0.1) is 0 Å². The van der Waals surface area contributed by atoms with Crippen LogP contribution in [-0.2, 0) is 0 Å². The molecular formula is C19H38N2. The maximum Gasteiger partial charge on any atom is 0.0198 e. The largest absolute Gasteiger partial charge is 0.312 e. The average Bonchev–Trinajstić information content (AvgIpc) is 2.39. The topological polar surface area (TPSA) is 15.3 Å². The second-order valence-corrected chi connectivity index (χ2v) is 8.77. The lowest BCUT2D eigenvalue weighted by Crippen LogP contribution is -2.55. The number of hydrogen-bond donors (Lipinski definition) is 1. The number of nitrogens with one attached hydrogen (secondary N) is 1. The van der Waals surface area contributed by atoms with E-state index in [9.17, 15) is 0 Å². The molecule has 124 valence electrons. The molecule has 1 N–H and O–H groups in total. The molecule has 2 fully saturated rings. The lowest BCUT2D eigenvalue weighted by Gasteiger charge is -2.47. The van der Waals surface area contributed by atoms with Gasteiger partial charge in [-0.3, -0.25) is 4.90 Å². The van der Waals surface area contributed by atoms with Gasteiger partial charge in [0.1, 0.15) is 0 Å². The van der Waals surface area contributed by atoms with Gasteiger partial charge in [0.2, 0.25) is 0 Å². The third kappa shape index (κ3) is 4.96. The Bertz CT molecular complexity index is 303. The number of rotatable bonds is 6. The summed E-state index contributed by atoms with van der Waals surface area (Å²) in [6, 6.07) is 1.56. The molecule has 1 saturated heterocycles. The minimum Gasteiger partial charge on any atom is -0.312 e. The summed E-state index contributed by atoms with van der Waals surface area (Å²) in [4.78, 5) is 2.85. The molecule has 3 atom stereocenters. The zero-order chi connectivity index (χ0) is 15.5.